The van der Waals surface area contributed by atoms with E-state index < -0.39 is 0 Å². The quantitative estimate of drug-likeness (QED) is 0.810. The van der Waals surface area contributed by atoms with Gasteiger partial charge < -0.3 is 13.9 Å². The minimum absolute atomic E-state index is 0.269. The Morgan fingerprint density at radius 3 is 2.78 bits per heavy atom. The summed E-state index contributed by atoms with van der Waals surface area (Å²) >= 11 is 0. The molecular formula is C14H13NO3. The monoisotopic (exact) mass is 243 g/mol. The van der Waals surface area contributed by atoms with Gasteiger partial charge in [0.25, 0.3) is 0 Å². The van der Waals surface area contributed by atoms with Crippen molar-refractivity contribution in [2.75, 3.05) is 6.79 Å². The zero-order valence-corrected chi connectivity index (χ0v) is 10.3. The standard InChI is InChI=1S/C14H13NO3/c1-8(2)14-15-9(3)13(18-14)10-4-5-11-12(6-10)17-7-16-11/h4-6H,1,7H2,2-3H3. The van der Waals surface area contributed by atoms with E-state index in [1.807, 2.05) is 32.0 Å². The summed E-state index contributed by atoms with van der Waals surface area (Å²) in [6, 6.07) is 5.71. The fraction of sp³-hybridized carbons (Fsp3) is 0.214. The summed E-state index contributed by atoms with van der Waals surface area (Å²) in [4.78, 5) is 4.34. The van der Waals surface area contributed by atoms with E-state index in [2.05, 4.69) is 11.6 Å². The Hall–Kier alpha value is -2.23. The first-order chi connectivity index (χ1) is 8.65. The van der Waals surface area contributed by atoms with Gasteiger partial charge in [-0.1, -0.05) is 6.58 Å². The molecule has 2 aromatic rings. The van der Waals surface area contributed by atoms with E-state index >= 15 is 0 Å². The topological polar surface area (TPSA) is 44.5 Å². The zero-order valence-electron chi connectivity index (χ0n) is 10.3. The highest BCUT2D eigenvalue weighted by Crippen LogP contribution is 2.37. The normalized spacial score (nSPS) is 12.8. The molecule has 2 heterocycles. The summed E-state index contributed by atoms with van der Waals surface area (Å²) in [6.45, 7) is 7.88. The van der Waals surface area contributed by atoms with Gasteiger partial charge in [-0.25, -0.2) is 4.98 Å². The van der Waals surface area contributed by atoms with Crippen molar-refractivity contribution in [1.29, 1.82) is 0 Å². The lowest BCUT2D eigenvalue weighted by Crippen LogP contribution is -1.92. The van der Waals surface area contributed by atoms with E-state index in [-0.39, 0.29) is 6.79 Å². The van der Waals surface area contributed by atoms with E-state index in [0.717, 1.165) is 34.1 Å². The molecule has 1 aromatic heterocycles. The molecule has 0 atom stereocenters. The van der Waals surface area contributed by atoms with Gasteiger partial charge in [-0.3, -0.25) is 0 Å². The Bertz CT molecular complexity index is 628. The summed E-state index contributed by atoms with van der Waals surface area (Å²) in [6.07, 6.45) is 0. The molecule has 0 unspecified atom stereocenters. The Kier molecular flexibility index (Phi) is 2.37. The van der Waals surface area contributed by atoms with E-state index in [1.54, 1.807) is 0 Å². The molecule has 3 rings (SSSR count). The average molecular weight is 243 g/mol. The van der Waals surface area contributed by atoms with Gasteiger partial charge in [0, 0.05) is 11.1 Å². The van der Waals surface area contributed by atoms with Gasteiger partial charge in [0.1, 0.15) is 0 Å². The molecule has 0 fully saturated rings. The third kappa shape index (κ3) is 1.66. The van der Waals surface area contributed by atoms with Gasteiger partial charge in [0.15, 0.2) is 17.3 Å². The van der Waals surface area contributed by atoms with Crippen molar-refractivity contribution in [3.05, 3.63) is 36.4 Å². The van der Waals surface area contributed by atoms with Crippen molar-refractivity contribution in [2.24, 2.45) is 0 Å². The molecule has 18 heavy (non-hydrogen) atoms. The molecular weight excluding hydrogens is 230 g/mol. The Balaban J connectivity index is 2.07. The van der Waals surface area contributed by atoms with Crippen LogP contribution in [-0.4, -0.2) is 11.8 Å². The molecule has 1 aromatic carbocycles. The second-order valence-electron chi connectivity index (χ2n) is 4.28. The van der Waals surface area contributed by atoms with Crippen LogP contribution in [0, 0.1) is 6.92 Å². The number of benzene rings is 1. The molecule has 1 aliphatic heterocycles. The maximum absolute atomic E-state index is 5.71. The van der Waals surface area contributed by atoms with E-state index in [0.29, 0.717) is 5.89 Å². The van der Waals surface area contributed by atoms with Crippen LogP contribution in [0.1, 0.15) is 18.5 Å². The third-order valence-corrected chi connectivity index (χ3v) is 2.80. The number of fused-ring (bicyclic) bond motifs is 1. The van der Waals surface area contributed by atoms with Crippen LogP contribution in [0.3, 0.4) is 0 Å². The van der Waals surface area contributed by atoms with Crippen LogP contribution >= 0.6 is 0 Å². The first kappa shape index (κ1) is 10.9. The van der Waals surface area contributed by atoms with Crippen molar-refractivity contribution < 1.29 is 13.9 Å². The van der Waals surface area contributed by atoms with Crippen molar-refractivity contribution in [1.82, 2.24) is 4.98 Å². The molecule has 0 aliphatic carbocycles. The zero-order chi connectivity index (χ0) is 12.7. The summed E-state index contributed by atoms with van der Waals surface area (Å²) in [5.74, 6) is 2.81. The average Bonchev–Trinajstić information content (AvgIpc) is 2.93. The number of ether oxygens (including phenoxy) is 2. The van der Waals surface area contributed by atoms with Gasteiger partial charge in [0.05, 0.1) is 5.69 Å². The van der Waals surface area contributed by atoms with Crippen LogP contribution < -0.4 is 9.47 Å². The van der Waals surface area contributed by atoms with Gasteiger partial charge in [-0.15, -0.1) is 0 Å². The number of aromatic nitrogens is 1. The Morgan fingerprint density at radius 2 is 2.06 bits per heavy atom. The minimum atomic E-state index is 0.269. The fourth-order valence-electron chi connectivity index (χ4n) is 1.88. The molecule has 4 heteroatoms. The Morgan fingerprint density at radius 1 is 1.28 bits per heavy atom. The summed E-state index contributed by atoms with van der Waals surface area (Å²) in [5.41, 5.74) is 2.58. The highest BCUT2D eigenvalue weighted by atomic mass is 16.7. The molecule has 0 radical (unpaired) electrons. The van der Waals surface area contributed by atoms with Crippen LogP contribution in [0.2, 0.25) is 0 Å². The number of rotatable bonds is 2. The molecule has 0 bridgehead atoms. The van der Waals surface area contributed by atoms with Crippen LogP contribution in [0.25, 0.3) is 16.9 Å². The second-order valence-corrected chi connectivity index (χ2v) is 4.28. The van der Waals surface area contributed by atoms with Crippen molar-refractivity contribution >= 4 is 5.57 Å². The lowest BCUT2D eigenvalue weighted by atomic mass is 10.1. The highest BCUT2D eigenvalue weighted by molar-refractivity contribution is 5.66. The summed E-state index contributed by atoms with van der Waals surface area (Å²) < 4.78 is 16.3. The molecule has 0 spiro atoms. The van der Waals surface area contributed by atoms with Crippen LogP contribution in [0.4, 0.5) is 0 Å². The number of nitrogens with zero attached hydrogens (tertiary/aromatic N) is 1. The fourth-order valence-corrected chi connectivity index (χ4v) is 1.88. The van der Waals surface area contributed by atoms with E-state index in [1.165, 1.54) is 0 Å². The van der Waals surface area contributed by atoms with Gasteiger partial charge in [-0.05, 0) is 32.0 Å². The largest absolute Gasteiger partial charge is 0.454 e. The van der Waals surface area contributed by atoms with Crippen molar-refractivity contribution in [2.45, 2.75) is 13.8 Å². The number of allylic oxidation sites excluding steroid dienone is 1. The number of aryl methyl sites for hydroxylation is 1. The van der Waals surface area contributed by atoms with Gasteiger partial charge in [0.2, 0.25) is 12.7 Å². The first-order valence-corrected chi connectivity index (χ1v) is 5.68. The maximum atomic E-state index is 5.71. The Labute approximate surface area is 105 Å². The number of hydrogen-bond donors (Lipinski definition) is 0. The molecule has 0 N–H and O–H groups in total. The first-order valence-electron chi connectivity index (χ1n) is 5.68. The summed E-state index contributed by atoms with van der Waals surface area (Å²) in [5, 5.41) is 0. The lowest BCUT2D eigenvalue weighted by molar-refractivity contribution is 0.174. The third-order valence-electron chi connectivity index (χ3n) is 2.80. The molecule has 4 nitrogen and oxygen atoms in total. The van der Waals surface area contributed by atoms with Gasteiger partial charge >= 0.3 is 0 Å². The second kappa shape index (κ2) is 3.91. The molecule has 0 amide bonds. The van der Waals surface area contributed by atoms with Gasteiger partial charge in [-0.2, -0.15) is 0 Å². The molecule has 1 aliphatic rings. The SMILES string of the molecule is C=C(C)c1nc(C)c(-c2ccc3c(c2)OCO3)o1. The van der Waals surface area contributed by atoms with E-state index in [9.17, 15) is 0 Å². The maximum Gasteiger partial charge on any atom is 0.231 e. The molecule has 0 saturated heterocycles. The predicted octanol–water partition coefficient (Wildman–Crippen LogP) is 3.41. The lowest BCUT2D eigenvalue weighted by Gasteiger charge is -2.00. The summed E-state index contributed by atoms with van der Waals surface area (Å²) in [7, 11) is 0. The van der Waals surface area contributed by atoms with Crippen LogP contribution in [-0.2, 0) is 0 Å². The minimum Gasteiger partial charge on any atom is -0.454 e. The van der Waals surface area contributed by atoms with Crippen molar-refractivity contribution in [3.63, 3.8) is 0 Å². The predicted molar refractivity (Wildman–Crippen MR) is 67.5 cm³/mol. The number of oxazole rings is 1. The number of hydrogen-bond acceptors (Lipinski definition) is 4. The van der Waals surface area contributed by atoms with Crippen LogP contribution in [0.5, 0.6) is 11.5 Å². The highest BCUT2D eigenvalue weighted by Gasteiger charge is 2.17. The smallest absolute Gasteiger partial charge is 0.231 e. The van der Waals surface area contributed by atoms with E-state index in [4.69, 9.17) is 13.9 Å². The molecule has 0 saturated carbocycles. The van der Waals surface area contributed by atoms with Crippen molar-refractivity contribution in [3.8, 4) is 22.8 Å². The molecule has 92 valence electrons. The van der Waals surface area contributed by atoms with Crippen LogP contribution in [0.15, 0.2) is 29.2 Å².